The molecule has 2 rings (SSSR count). The first-order valence-electron chi connectivity index (χ1n) is 6.66. The number of nitrogens with one attached hydrogen (secondary N) is 1. The average molecular weight is 292 g/mol. The van der Waals surface area contributed by atoms with Crippen molar-refractivity contribution in [1.82, 2.24) is 10.3 Å². The first-order valence-corrected chi connectivity index (χ1v) is 7.48. The molecule has 0 bridgehead atoms. The van der Waals surface area contributed by atoms with Crippen molar-refractivity contribution >= 4 is 11.3 Å². The molecular formula is C15H20N2O2S. The third kappa shape index (κ3) is 3.49. The Hall–Kier alpha value is -1.59. The number of thiazole rings is 1. The molecule has 3 N–H and O–H groups in total. The highest BCUT2D eigenvalue weighted by Gasteiger charge is 2.11. The van der Waals surface area contributed by atoms with Crippen molar-refractivity contribution in [2.45, 2.75) is 27.3 Å². The molecule has 1 aromatic carbocycles. The lowest BCUT2D eigenvalue weighted by atomic mass is 10.2. The average Bonchev–Trinajstić information content (AvgIpc) is 2.74. The van der Waals surface area contributed by atoms with Crippen LogP contribution in [0, 0.1) is 12.8 Å². The van der Waals surface area contributed by atoms with Gasteiger partial charge < -0.3 is 15.5 Å². The highest BCUT2D eigenvalue weighted by atomic mass is 32.1. The van der Waals surface area contributed by atoms with Gasteiger partial charge in [0.05, 0.1) is 5.69 Å². The minimum atomic E-state index is -0.116. The largest absolute Gasteiger partial charge is 0.504 e. The summed E-state index contributed by atoms with van der Waals surface area (Å²) in [6.45, 7) is 8.14. The van der Waals surface area contributed by atoms with E-state index in [9.17, 15) is 10.2 Å². The van der Waals surface area contributed by atoms with E-state index >= 15 is 0 Å². The molecule has 0 saturated heterocycles. The molecule has 4 nitrogen and oxygen atoms in total. The summed E-state index contributed by atoms with van der Waals surface area (Å²) >= 11 is 1.61. The van der Waals surface area contributed by atoms with Crippen LogP contribution in [-0.2, 0) is 6.54 Å². The van der Waals surface area contributed by atoms with E-state index in [1.165, 1.54) is 10.9 Å². The van der Waals surface area contributed by atoms with Crippen LogP contribution < -0.4 is 5.32 Å². The van der Waals surface area contributed by atoms with E-state index in [0.717, 1.165) is 29.4 Å². The van der Waals surface area contributed by atoms with Crippen molar-refractivity contribution < 1.29 is 10.2 Å². The number of benzene rings is 1. The summed E-state index contributed by atoms with van der Waals surface area (Å²) in [5, 5.41) is 23.2. The maximum Gasteiger partial charge on any atom is 0.158 e. The third-order valence-electron chi connectivity index (χ3n) is 2.95. The third-order valence-corrected chi connectivity index (χ3v) is 4.16. The Bertz CT molecular complexity index is 594. The van der Waals surface area contributed by atoms with Crippen molar-refractivity contribution in [2.75, 3.05) is 6.54 Å². The first-order chi connectivity index (χ1) is 9.47. The molecule has 0 radical (unpaired) electrons. The van der Waals surface area contributed by atoms with Gasteiger partial charge in [0.25, 0.3) is 0 Å². The molecule has 20 heavy (non-hydrogen) atoms. The number of hydrogen-bond acceptors (Lipinski definition) is 5. The molecule has 0 spiro atoms. The highest BCUT2D eigenvalue weighted by Crippen LogP contribution is 2.33. The fraction of sp³-hybridized carbons (Fsp3) is 0.400. The molecule has 5 heteroatoms. The minimum absolute atomic E-state index is 0.110. The lowest BCUT2D eigenvalue weighted by Gasteiger charge is -2.05. The van der Waals surface area contributed by atoms with Crippen LogP contribution in [0.2, 0.25) is 0 Å². The van der Waals surface area contributed by atoms with E-state index in [0.29, 0.717) is 5.92 Å². The Balaban J connectivity index is 2.15. The number of aromatic nitrogens is 1. The first kappa shape index (κ1) is 14.8. The van der Waals surface area contributed by atoms with Crippen LogP contribution in [0.15, 0.2) is 18.2 Å². The van der Waals surface area contributed by atoms with Crippen LogP contribution in [0.3, 0.4) is 0 Å². The molecule has 0 amide bonds. The zero-order chi connectivity index (χ0) is 14.7. The zero-order valence-electron chi connectivity index (χ0n) is 12.0. The van der Waals surface area contributed by atoms with Gasteiger partial charge in [-0.2, -0.15) is 0 Å². The summed E-state index contributed by atoms with van der Waals surface area (Å²) in [6.07, 6.45) is 0. The highest BCUT2D eigenvalue weighted by molar-refractivity contribution is 7.15. The van der Waals surface area contributed by atoms with Gasteiger partial charge in [-0.25, -0.2) is 4.98 Å². The van der Waals surface area contributed by atoms with E-state index in [4.69, 9.17) is 0 Å². The number of phenolic OH excluding ortho intramolecular Hbond substituents is 2. The summed E-state index contributed by atoms with van der Waals surface area (Å²) in [6, 6.07) is 4.79. The summed E-state index contributed by atoms with van der Waals surface area (Å²) in [5.41, 5.74) is 1.83. The van der Waals surface area contributed by atoms with Gasteiger partial charge in [0.2, 0.25) is 0 Å². The van der Waals surface area contributed by atoms with Gasteiger partial charge in [-0.1, -0.05) is 13.8 Å². The molecule has 0 aliphatic carbocycles. The molecule has 1 aromatic heterocycles. The fourth-order valence-corrected chi connectivity index (χ4v) is 2.87. The molecule has 0 aliphatic heterocycles. The number of hydrogen-bond donors (Lipinski definition) is 3. The van der Waals surface area contributed by atoms with Crippen LogP contribution in [-0.4, -0.2) is 21.7 Å². The maximum absolute atomic E-state index is 9.55. The molecule has 108 valence electrons. The number of rotatable bonds is 5. The van der Waals surface area contributed by atoms with Gasteiger partial charge in [-0.05, 0) is 37.6 Å². The van der Waals surface area contributed by atoms with Gasteiger partial charge in [0.15, 0.2) is 11.5 Å². The summed E-state index contributed by atoms with van der Waals surface area (Å²) < 4.78 is 0. The Morgan fingerprint density at radius 1 is 1.25 bits per heavy atom. The van der Waals surface area contributed by atoms with Crippen LogP contribution in [0.1, 0.15) is 24.4 Å². The van der Waals surface area contributed by atoms with E-state index in [1.54, 1.807) is 23.5 Å². The quantitative estimate of drug-likeness (QED) is 0.740. The number of aromatic hydroxyl groups is 2. The van der Waals surface area contributed by atoms with Gasteiger partial charge in [0, 0.05) is 17.0 Å². The van der Waals surface area contributed by atoms with Crippen LogP contribution in [0.4, 0.5) is 0 Å². The summed E-state index contributed by atoms with van der Waals surface area (Å²) in [7, 11) is 0. The molecule has 0 atom stereocenters. The lowest BCUT2D eigenvalue weighted by molar-refractivity contribution is 0.404. The Morgan fingerprint density at radius 2 is 2.00 bits per heavy atom. The van der Waals surface area contributed by atoms with Gasteiger partial charge in [-0.3, -0.25) is 0 Å². The topological polar surface area (TPSA) is 65.4 Å². The maximum atomic E-state index is 9.55. The van der Waals surface area contributed by atoms with Crippen molar-refractivity contribution in [1.29, 1.82) is 0 Å². The van der Waals surface area contributed by atoms with E-state index in [1.807, 2.05) is 6.92 Å². The monoisotopic (exact) mass is 292 g/mol. The lowest BCUT2D eigenvalue weighted by Crippen LogP contribution is -2.18. The zero-order valence-corrected chi connectivity index (χ0v) is 12.8. The predicted molar refractivity (Wildman–Crippen MR) is 82.2 cm³/mol. The number of nitrogens with zero attached hydrogens (tertiary/aromatic N) is 1. The number of phenols is 2. The second kappa shape index (κ2) is 6.24. The molecule has 1 heterocycles. The minimum Gasteiger partial charge on any atom is -0.504 e. The second-order valence-corrected chi connectivity index (χ2v) is 6.34. The molecule has 0 aliphatic rings. The number of aryl methyl sites for hydroxylation is 1. The summed E-state index contributed by atoms with van der Waals surface area (Å²) in [4.78, 5) is 5.74. The van der Waals surface area contributed by atoms with Crippen LogP contribution in [0.5, 0.6) is 11.5 Å². The second-order valence-electron chi connectivity index (χ2n) is 5.26. The van der Waals surface area contributed by atoms with E-state index in [2.05, 4.69) is 24.1 Å². The SMILES string of the molecule is Cc1nc(-c2ccc(O)c(O)c2)sc1CNCC(C)C. The smallest absolute Gasteiger partial charge is 0.158 e. The molecule has 0 unspecified atom stereocenters. The Morgan fingerprint density at radius 3 is 2.65 bits per heavy atom. The van der Waals surface area contributed by atoms with Crippen molar-refractivity contribution in [3.05, 3.63) is 28.8 Å². The van der Waals surface area contributed by atoms with Crippen molar-refractivity contribution in [3.8, 4) is 22.1 Å². The van der Waals surface area contributed by atoms with Gasteiger partial charge in [0.1, 0.15) is 5.01 Å². The summed E-state index contributed by atoms with van der Waals surface area (Å²) in [5.74, 6) is 0.396. The fourth-order valence-electron chi connectivity index (χ4n) is 1.85. The van der Waals surface area contributed by atoms with Crippen molar-refractivity contribution in [3.63, 3.8) is 0 Å². The predicted octanol–water partition coefficient (Wildman–Crippen LogP) is 3.28. The van der Waals surface area contributed by atoms with Gasteiger partial charge in [-0.15, -0.1) is 11.3 Å². The van der Waals surface area contributed by atoms with Crippen molar-refractivity contribution in [2.24, 2.45) is 5.92 Å². The Kier molecular flexibility index (Phi) is 4.62. The van der Waals surface area contributed by atoms with E-state index < -0.39 is 0 Å². The standard InChI is InChI=1S/C15H20N2O2S/c1-9(2)7-16-8-14-10(3)17-15(20-14)11-4-5-12(18)13(19)6-11/h4-6,9,16,18-19H,7-8H2,1-3H3. The molecule has 0 fully saturated rings. The normalized spacial score (nSPS) is 11.2. The van der Waals surface area contributed by atoms with Crippen LogP contribution in [0.25, 0.3) is 10.6 Å². The van der Waals surface area contributed by atoms with Crippen LogP contribution >= 0.6 is 11.3 Å². The molecular weight excluding hydrogens is 272 g/mol. The Labute approximate surface area is 123 Å². The van der Waals surface area contributed by atoms with E-state index in [-0.39, 0.29) is 11.5 Å². The van der Waals surface area contributed by atoms with Gasteiger partial charge >= 0.3 is 0 Å². The molecule has 0 saturated carbocycles. The molecule has 2 aromatic rings.